The van der Waals surface area contributed by atoms with Gasteiger partial charge in [-0.15, -0.1) is 0 Å². The Labute approximate surface area is 506 Å². The van der Waals surface area contributed by atoms with Crippen molar-refractivity contribution < 1.29 is 32.5 Å². The number of fused-ring (bicyclic) bond motifs is 1. The predicted molar refractivity (Wildman–Crippen MR) is 334 cm³/mol. The minimum absolute atomic E-state index is 0.0306. The molecule has 0 saturated heterocycles. The number of anilines is 6. The summed E-state index contributed by atoms with van der Waals surface area (Å²) < 4.78 is 44.8. The van der Waals surface area contributed by atoms with Crippen LogP contribution < -0.4 is 32.6 Å². The first-order valence-electron chi connectivity index (χ1n) is 27.8. The number of carbonyl (C=O) groups excluding carboxylic acids is 3. The first-order chi connectivity index (χ1) is 42.2. The molecule has 0 atom stereocenters. The van der Waals surface area contributed by atoms with Crippen LogP contribution in [0, 0.1) is 33.5 Å². The third-order valence-corrected chi connectivity index (χ3v) is 14.2. The van der Waals surface area contributed by atoms with E-state index in [0.29, 0.717) is 57.8 Å². The standard InChI is InChI=1S/C24H20N4O4.C22H19F2N3O2.C20H17ClFN3O2/c1-3-27-24(30)23(25-20-13-7-9-16-8-4-5-12-19(16)20)21(15(2)29)22(26-27)17-10-6-11-18(14-17)28(31)32;1-13(28)19-20(15-5-3-2-4-6-15)26-27(12-14-7-8-14)22(29)21(19)25-18-10-16(23)9-17(24)11-18;1-3-25-20(27)19(23-16-9-5-7-14(21)11-16)17(12(2)26)18(24-25)13-6-4-8-15(22)10-13/h4-14,25H,3H2,1-2H3;2-6,9-11,14,25H,7-8,12H2,1H3;4-11,23H,3H2,1-2H3. The van der Waals surface area contributed by atoms with E-state index in [-0.39, 0.29) is 80.4 Å². The third-order valence-electron chi connectivity index (χ3n) is 14.0. The molecule has 0 spiro atoms. The van der Waals surface area contributed by atoms with Crippen molar-refractivity contribution in [1.29, 1.82) is 0 Å². The van der Waals surface area contributed by atoms with Crippen LogP contribution in [0.1, 0.15) is 78.5 Å². The average Bonchev–Trinajstić information content (AvgIpc) is 1.16. The summed E-state index contributed by atoms with van der Waals surface area (Å²) in [5.41, 5.74) is 2.49. The summed E-state index contributed by atoms with van der Waals surface area (Å²) in [6, 6.07) is 43.7. The number of hydrogen-bond acceptors (Lipinski definition) is 14. The van der Waals surface area contributed by atoms with Crippen LogP contribution >= 0.6 is 11.6 Å². The quantitative estimate of drug-likeness (QED) is 0.0437. The molecule has 22 heteroatoms. The molecule has 0 aliphatic heterocycles. The van der Waals surface area contributed by atoms with Crippen LogP contribution in [-0.2, 0) is 19.6 Å². The Morgan fingerprint density at radius 2 is 1.01 bits per heavy atom. The van der Waals surface area contributed by atoms with E-state index in [4.69, 9.17) is 11.6 Å². The van der Waals surface area contributed by atoms with Gasteiger partial charge < -0.3 is 16.0 Å². The Bertz CT molecular complexity index is 4530. The molecule has 11 rings (SSSR count). The van der Waals surface area contributed by atoms with Crippen molar-refractivity contribution in [2.24, 2.45) is 5.92 Å². The first-order valence-corrected chi connectivity index (χ1v) is 28.2. The van der Waals surface area contributed by atoms with Crippen molar-refractivity contribution >= 4 is 79.5 Å². The molecule has 10 aromatic rings. The van der Waals surface area contributed by atoms with Gasteiger partial charge in [-0.1, -0.05) is 109 Å². The molecular formula is C66H56ClF3N10O8. The van der Waals surface area contributed by atoms with E-state index in [1.807, 2.05) is 60.7 Å². The number of nitro benzene ring substituents is 1. The lowest BCUT2D eigenvalue weighted by Gasteiger charge is -2.17. The number of nitro groups is 1. The highest BCUT2D eigenvalue weighted by atomic mass is 35.5. The third kappa shape index (κ3) is 14.2. The molecule has 3 N–H and O–H groups in total. The number of nitrogens with zero attached hydrogens (tertiary/aromatic N) is 7. The number of benzene rings is 7. The molecule has 88 heavy (non-hydrogen) atoms. The minimum atomic E-state index is -0.785. The molecule has 7 aromatic carbocycles. The van der Waals surface area contributed by atoms with Gasteiger partial charge in [0.05, 0.1) is 21.6 Å². The smallest absolute Gasteiger partial charge is 0.291 e. The summed E-state index contributed by atoms with van der Waals surface area (Å²) in [4.78, 5) is 87.5. The van der Waals surface area contributed by atoms with E-state index >= 15 is 0 Å². The molecule has 18 nitrogen and oxygen atoms in total. The number of non-ortho nitro benzene ring substituents is 1. The van der Waals surface area contributed by atoms with Gasteiger partial charge in [0.25, 0.3) is 22.4 Å². The van der Waals surface area contributed by atoms with Gasteiger partial charge in [0, 0.05) is 82.0 Å². The lowest BCUT2D eigenvalue weighted by molar-refractivity contribution is -0.384. The highest BCUT2D eigenvalue weighted by Crippen LogP contribution is 2.35. The number of aromatic nitrogens is 6. The van der Waals surface area contributed by atoms with Crippen LogP contribution in [0.2, 0.25) is 5.02 Å². The second-order valence-electron chi connectivity index (χ2n) is 20.4. The molecule has 3 heterocycles. The van der Waals surface area contributed by atoms with Crippen LogP contribution in [0.5, 0.6) is 0 Å². The Hall–Kier alpha value is -10.7. The topological polar surface area (TPSA) is 235 Å². The monoisotopic (exact) mass is 1210 g/mol. The number of hydrogen-bond donors (Lipinski definition) is 3. The van der Waals surface area contributed by atoms with Crippen LogP contribution in [0.4, 0.5) is 53.0 Å². The van der Waals surface area contributed by atoms with Gasteiger partial charge in [-0.3, -0.25) is 38.9 Å². The van der Waals surface area contributed by atoms with Crippen LogP contribution in [0.25, 0.3) is 44.5 Å². The number of ketones is 3. The number of halogens is 4. The number of rotatable bonds is 17. The van der Waals surface area contributed by atoms with Gasteiger partial charge in [-0.25, -0.2) is 27.2 Å². The van der Waals surface area contributed by atoms with E-state index in [9.17, 15) is 52.1 Å². The summed E-state index contributed by atoms with van der Waals surface area (Å²) in [5, 5.41) is 35.7. The van der Waals surface area contributed by atoms with E-state index in [2.05, 4.69) is 31.2 Å². The van der Waals surface area contributed by atoms with Gasteiger partial charge in [0.2, 0.25) is 0 Å². The maximum Gasteiger partial charge on any atom is 0.291 e. The second-order valence-corrected chi connectivity index (χ2v) is 20.8. The fourth-order valence-corrected chi connectivity index (χ4v) is 9.93. The molecule has 3 aromatic heterocycles. The van der Waals surface area contributed by atoms with E-state index < -0.39 is 39.1 Å². The zero-order valence-electron chi connectivity index (χ0n) is 48.1. The lowest BCUT2D eigenvalue weighted by Crippen LogP contribution is -2.29. The van der Waals surface area contributed by atoms with Gasteiger partial charge in [-0.2, -0.15) is 15.3 Å². The highest BCUT2D eigenvalue weighted by molar-refractivity contribution is 6.30. The summed E-state index contributed by atoms with van der Waals surface area (Å²) in [6.07, 6.45) is 2.03. The zero-order valence-corrected chi connectivity index (χ0v) is 48.9. The van der Waals surface area contributed by atoms with Gasteiger partial charge in [-0.05, 0) is 107 Å². The average molecular weight is 1210 g/mol. The normalized spacial score (nSPS) is 11.6. The summed E-state index contributed by atoms with van der Waals surface area (Å²) in [5.74, 6) is -2.76. The predicted octanol–water partition coefficient (Wildman–Crippen LogP) is 14.2. The van der Waals surface area contributed by atoms with Crippen LogP contribution in [0.3, 0.4) is 0 Å². The second kappa shape index (κ2) is 27.1. The number of nitrogens with one attached hydrogen (secondary N) is 3. The largest absolute Gasteiger partial charge is 0.350 e. The Kier molecular flexibility index (Phi) is 19.1. The van der Waals surface area contributed by atoms with Crippen molar-refractivity contribution in [3.05, 3.63) is 244 Å². The molecule has 0 bridgehead atoms. The number of Topliss-reactive ketones (excluding diaryl/α,β-unsaturated/α-hetero) is 3. The van der Waals surface area contributed by atoms with Crippen LogP contribution in [-0.4, -0.2) is 51.6 Å². The summed E-state index contributed by atoms with van der Waals surface area (Å²) >= 11 is 6.01. The van der Waals surface area contributed by atoms with Crippen molar-refractivity contribution in [2.75, 3.05) is 16.0 Å². The van der Waals surface area contributed by atoms with E-state index in [1.165, 1.54) is 71.2 Å². The van der Waals surface area contributed by atoms with E-state index in [1.54, 1.807) is 62.4 Å². The fraction of sp³-hybridized carbons (Fsp3) is 0.167. The molecule has 1 saturated carbocycles. The fourth-order valence-electron chi connectivity index (χ4n) is 9.74. The van der Waals surface area contributed by atoms with Crippen molar-refractivity contribution in [3.63, 3.8) is 0 Å². The first kappa shape index (κ1) is 61.9. The molecule has 0 unspecified atom stereocenters. The zero-order chi connectivity index (χ0) is 62.9. The Morgan fingerprint density at radius 1 is 0.534 bits per heavy atom. The number of carbonyl (C=O) groups is 3. The molecule has 1 aliphatic carbocycles. The number of aryl methyl sites for hydroxylation is 2. The van der Waals surface area contributed by atoms with Crippen LogP contribution in [0.15, 0.2) is 178 Å². The Morgan fingerprint density at radius 3 is 1.57 bits per heavy atom. The lowest BCUT2D eigenvalue weighted by atomic mass is 10.0. The van der Waals surface area contributed by atoms with Gasteiger partial charge in [0.1, 0.15) is 51.6 Å². The molecule has 1 aliphatic rings. The summed E-state index contributed by atoms with van der Waals surface area (Å²) in [7, 11) is 0. The molecule has 1 fully saturated rings. The van der Waals surface area contributed by atoms with E-state index in [0.717, 1.165) is 41.8 Å². The Balaban J connectivity index is 0.000000158. The van der Waals surface area contributed by atoms with Gasteiger partial charge >= 0.3 is 0 Å². The highest BCUT2D eigenvalue weighted by Gasteiger charge is 2.29. The van der Waals surface area contributed by atoms with Crippen molar-refractivity contribution in [1.82, 2.24) is 29.3 Å². The minimum Gasteiger partial charge on any atom is -0.350 e. The maximum absolute atomic E-state index is 13.7. The van der Waals surface area contributed by atoms with Crippen molar-refractivity contribution in [2.45, 2.75) is 67.1 Å². The maximum atomic E-state index is 13.7. The summed E-state index contributed by atoms with van der Waals surface area (Å²) in [6.45, 7) is 8.56. The molecule has 446 valence electrons. The molecule has 0 radical (unpaired) electrons. The van der Waals surface area contributed by atoms with Crippen molar-refractivity contribution in [3.8, 4) is 33.8 Å². The van der Waals surface area contributed by atoms with Gasteiger partial charge in [0.15, 0.2) is 17.3 Å². The molecular weight excluding hydrogens is 1150 g/mol. The molecule has 0 amide bonds. The SMILES string of the molecule is CC(=O)c1c(-c2ccccc2)nn(CC2CC2)c(=O)c1Nc1cc(F)cc(F)c1.CCn1nc(-c2cccc(F)c2)c(C(C)=O)c(Nc2cccc(Cl)c2)c1=O.CCn1nc(-c2cccc([N+](=O)[O-])c2)c(C(C)=O)c(Nc2cccc3ccccc23)c1=O.